The Morgan fingerprint density at radius 1 is 1.09 bits per heavy atom. The van der Waals surface area contributed by atoms with Crippen molar-refractivity contribution in [2.45, 2.75) is 51.9 Å². The van der Waals surface area contributed by atoms with E-state index in [0.29, 0.717) is 25.9 Å². The van der Waals surface area contributed by atoms with Crippen LogP contribution in [0.25, 0.3) is 22.4 Å². The first-order valence-corrected chi connectivity index (χ1v) is 14.9. The van der Waals surface area contributed by atoms with Crippen LogP contribution in [0.15, 0.2) is 41.2 Å². The van der Waals surface area contributed by atoms with Gasteiger partial charge in [0.05, 0.1) is 11.3 Å². The van der Waals surface area contributed by atoms with Gasteiger partial charge in [-0.2, -0.15) is 18.4 Å². The predicted octanol–water partition coefficient (Wildman–Crippen LogP) is 7.22. The maximum Gasteiger partial charge on any atom is 0.416 e. The molecule has 0 spiro atoms. The van der Waals surface area contributed by atoms with Gasteiger partial charge in [-0.3, -0.25) is 9.59 Å². The molecule has 0 radical (unpaired) electrons. The van der Waals surface area contributed by atoms with Crippen LogP contribution in [0.1, 0.15) is 50.3 Å². The molecule has 0 saturated carbocycles. The van der Waals surface area contributed by atoms with Crippen LogP contribution in [-0.2, 0) is 22.3 Å². The Kier molecular flexibility index (Phi) is 9.99. The summed E-state index contributed by atoms with van der Waals surface area (Å²) in [7, 11) is 1.56. The number of hydrogen-bond donors (Lipinski definition) is 2. The minimum absolute atomic E-state index is 0.0138. The van der Waals surface area contributed by atoms with E-state index in [-0.39, 0.29) is 62.1 Å². The molecule has 1 aliphatic heterocycles. The molecule has 244 valence electrons. The molecule has 3 aromatic rings. The number of aromatic nitrogens is 1. The monoisotopic (exact) mass is 678 g/mol. The van der Waals surface area contributed by atoms with Gasteiger partial charge in [0.1, 0.15) is 23.0 Å². The third-order valence-electron chi connectivity index (χ3n) is 7.45. The van der Waals surface area contributed by atoms with Crippen molar-refractivity contribution in [1.82, 2.24) is 14.8 Å². The molecule has 9 nitrogen and oxygen atoms in total. The summed E-state index contributed by atoms with van der Waals surface area (Å²) < 4.78 is 45.8. The first kappa shape index (κ1) is 34.7. The van der Waals surface area contributed by atoms with Crippen LogP contribution in [0.4, 0.5) is 18.0 Å². The van der Waals surface area contributed by atoms with Crippen LogP contribution in [0.2, 0.25) is 10.0 Å². The molecule has 1 fully saturated rings. The average molecular weight is 680 g/mol. The Labute approximate surface area is 273 Å². The van der Waals surface area contributed by atoms with Crippen LogP contribution in [0, 0.1) is 17.2 Å². The molecule has 1 aliphatic rings. The van der Waals surface area contributed by atoms with Crippen molar-refractivity contribution in [3.05, 3.63) is 73.5 Å². The number of nitrogens with one attached hydrogen (secondary N) is 1. The summed E-state index contributed by atoms with van der Waals surface area (Å²) in [6.07, 6.45) is -4.32. The second-order valence-electron chi connectivity index (χ2n) is 12.0. The highest BCUT2D eigenvalue weighted by Crippen LogP contribution is 2.40. The van der Waals surface area contributed by atoms with E-state index in [1.807, 2.05) is 0 Å². The highest BCUT2D eigenvalue weighted by Gasteiger charge is 2.33. The summed E-state index contributed by atoms with van der Waals surface area (Å²) in [6, 6.07) is 8.27. The lowest BCUT2D eigenvalue weighted by atomic mass is 9.95. The summed E-state index contributed by atoms with van der Waals surface area (Å²) >= 11 is 12.6. The zero-order valence-electron chi connectivity index (χ0n) is 25.4. The third-order valence-corrected chi connectivity index (χ3v) is 8.00. The fraction of sp³-hybridized carbons (Fsp3) is 0.375. The highest BCUT2D eigenvalue weighted by atomic mass is 35.5. The van der Waals surface area contributed by atoms with Crippen molar-refractivity contribution in [2.75, 3.05) is 20.1 Å². The van der Waals surface area contributed by atoms with Crippen molar-refractivity contribution in [2.24, 2.45) is 5.92 Å². The summed E-state index contributed by atoms with van der Waals surface area (Å²) in [5.41, 5.74) is -3.25. The number of nitriles is 1. The average Bonchev–Trinajstić information content (AvgIpc) is 2.96. The van der Waals surface area contributed by atoms with Crippen LogP contribution in [0.3, 0.4) is 0 Å². The molecule has 2 N–H and O–H groups in total. The molecule has 0 atom stereocenters. The fourth-order valence-electron chi connectivity index (χ4n) is 5.20. The number of aromatic amines is 1. The number of phenols is 1. The van der Waals surface area contributed by atoms with Crippen LogP contribution >= 0.6 is 23.2 Å². The molecule has 2 aromatic carbocycles. The Balaban J connectivity index is 1.62. The fourth-order valence-corrected chi connectivity index (χ4v) is 5.66. The van der Waals surface area contributed by atoms with Crippen molar-refractivity contribution in [1.29, 1.82) is 5.26 Å². The van der Waals surface area contributed by atoms with Crippen molar-refractivity contribution >= 4 is 35.2 Å². The zero-order valence-corrected chi connectivity index (χ0v) is 26.9. The SMILES string of the molecule is CN(Cc1cc(Cl)cc(-c2cc(-c3cc(C(F)(F)F)ccc3Cl)c(C#N)c(=O)[nH]2)c1O)C(=O)C1CCN(C(=O)OC(C)(C)C)CC1. The number of benzene rings is 2. The molecule has 0 aliphatic carbocycles. The summed E-state index contributed by atoms with van der Waals surface area (Å²) in [4.78, 5) is 44.1. The van der Waals surface area contributed by atoms with Gasteiger partial charge in [-0.1, -0.05) is 23.2 Å². The van der Waals surface area contributed by atoms with Gasteiger partial charge in [0.25, 0.3) is 5.56 Å². The number of halogens is 5. The maximum absolute atomic E-state index is 13.5. The quantitative estimate of drug-likeness (QED) is 0.293. The van der Waals surface area contributed by atoms with Gasteiger partial charge >= 0.3 is 12.3 Å². The number of phenolic OH excluding ortho intramolecular Hbond substituents is 1. The zero-order chi connectivity index (χ0) is 34.1. The number of amides is 2. The van der Waals surface area contributed by atoms with Crippen LogP contribution < -0.4 is 5.56 Å². The molecule has 1 saturated heterocycles. The van der Waals surface area contributed by atoms with Crippen molar-refractivity contribution < 1.29 is 32.6 Å². The molecule has 2 heterocycles. The number of nitrogens with zero attached hydrogens (tertiary/aromatic N) is 3. The molecule has 0 bridgehead atoms. The van der Waals surface area contributed by atoms with E-state index in [1.54, 1.807) is 38.8 Å². The molecule has 4 rings (SSSR count). The van der Waals surface area contributed by atoms with E-state index in [0.717, 1.165) is 18.2 Å². The van der Waals surface area contributed by atoms with Gasteiger partial charge in [-0.05, 0) is 70.0 Å². The van der Waals surface area contributed by atoms with Gasteiger partial charge in [-0.15, -0.1) is 0 Å². The smallest absolute Gasteiger partial charge is 0.416 e. The molecule has 0 unspecified atom stereocenters. The highest BCUT2D eigenvalue weighted by molar-refractivity contribution is 6.33. The third kappa shape index (κ3) is 7.77. The Hall–Kier alpha value is -4.21. The minimum Gasteiger partial charge on any atom is -0.507 e. The van der Waals surface area contributed by atoms with E-state index < -0.39 is 34.6 Å². The van der Waals surface area contributed by atoms with Gasteiger partial charge in [0.15, 0.2) is 0 Å². The number of aromatic hydroxyl groups is 1. The summed E-state index contributed by atoms with van der Waals surface area (Å²) in [6.45, 7) is 5.94. The molecular weight excluding hydrogens is 648 g/mol. The maximum atomic E-state index is 13.5. The number of pyridine rings is 1. The number of hydrogen-bond acceptors (Lipinski definition) is 6. The van der Waals surface area contributed by atoms with Gasteiger partial charge in [0.2, 0.25) is 5.91 Å². The first-order valence-electron chi connectivity index (χ1n) is 14.2. The molecular formula is C32H31Cl2F3N4O5. The topological polar surface area (TPSA) is 127 Å². The van der Waals surface area contributed by atoms with E-state index in [2.05, 4.69) is 4.98 Å². The van der Waals surface area contributed by atoms with Crippen molar-refractivity contribution in [3.63, 3.8) is 0 Å². The molecule has 2 amide bonds. The number of H-pyrrole nitrogens is 1. The predicted molar refractivity (Wildman–Crippen MR) is 166 cm³/mol. The number of likely N-dealkylation sites (tertiary alicyclic amines) is 1. The summed E-state index contributed by atoms with van der Waals surface area (Å²) in [5.74, 6) is -0.928. The first-order chi connectivity index (χ1) is 21.4. The second kappa shape index (κ2) is 13.3. The standard InChI is InChI=1S/C32H31Cl2F3N4O5/c1-31(2,3)46-30(45)41-9-7-17(8-10-41)29(44)40(4)16-18-11-20(33)13-23(27(18)42)26-14-21(24(15-38)28(43)39-26)22-12-19(32(35,36)37)5-6-25(22)34/h5-6,11-14,17,42H,7-10,16H2,1-4H3,(H,39,43). The number of alkyl halides is 3. The molecule has 1 aromatic heterocycles. The van der Waals surface area contributed by atoms with E-state index in [4.69, 9.17) is 27.9 Å². The second-order valence-corrected chi connectivity index (χ2v) is 12.8. The molecule has 46 heavy (non-hydrogen) atoms. The van der Waals surface area contributed by atoms with Crippen molar-refractivity contribution in [3.8, 4) is 34.2 Å². The Morgan fingerprint density at radius 3 is 2.33 bits per heavy atom. The van der Waals surface area contributed by atoms with Gasteiger partial charge in [0, 0.05) is 64.9 Å². The van der Waals surface area contributed by atoms with Gasteiger partial charge < -0.3 is 24.6 Å². The number of piperidine rings is 1. The summed E-state index contributed by atoms with van der Waals surface area (Å²) in [5, 5.41) is 20.9. The minimum atomic E-state index is -4.71. The number of carbonyl (C=O) groups excluding carboxylic acids is 2. The lowest BCUT2D eigenvalue weighted by Gasteiger charge is -2.34. The van der Waals surface area contributed by atoms with E-state index >= 15 is 0 Å². The van der Waals surface area contributed by atoms with E-state index in [9.17, 15) is 37.9 Å². The Bertz CT molecular complexity index is 1770. The van der Waals surface area contributed by atoms with E-state index in [1.165, 1.54) is 23.1 Å². The lowest BCUT2D eigenvalue weighted by molar-refractivity contribution is -0.137. The Morgan fingerprint density at radius 2 is 1.74 bits per heavy atom. The number of ether oxygens (including phenoxy) is 1. The normalized spacial score (nSPS) is 14.1. The number of rotatable bonds is 5. The van der Waals surface area contributed by atoms with Crippen LogP contribution in [-0.4, -0.2) is 57.6 Å². The largest absolute Gasteiger partial charge is 0.507 e. The van der Waals surface area contributed by atoms with Crippen LogP contribution in [0.5, 0.6) is 5.75 Å². The lowest BCUT2D eigenvalue weighted by Crippen LogP contribution is -2.45. The van der Waals surface area contributed by atoms with Gasteiger partial charge in [-0.25, -0.2) is 4.79 Å². The number of carbonyl (C=O) groups is 2. The molecule has 14 heteroatoms.